The summed E-state index contributed by atoms with van der Waals surface area (Å²) >= 11 is 0. The molecule has 0 aliphatic heterocycles. The molecular formula is C33H37N5O10. The van der Waals surface area contributed by atoms with E-state index in [4.69, 9.17) is 26.5 Å². The van der Waals surface area contributed by atoms with Gasteiger partial charge in [0, 0.05) is 31.2 Å². The van der Waals surface area contributed by atoms with Crippen molar-refractivity contribution in [1.29, 1.82) is 0 Å². The number of carbonyl (C=O) groups excluding carboxylic acids is 2. The van der Waals surface area contributed by atoms with Crippen molar-refractivity contribution in [3.63, 3.8) is 0 Å². The zero-order valence-electron chi connectivity index (χ0n) is 26.4. The van der Waals surface area contributed by atoms with Gasteiger partial charge in [0.2, 0.25) is 5.91 Å². The number of rotatable bonds is 14. The number of nitrogens with zero attached hydrogens (tertiary/aromatic N) is 2. The number of ether oxygens (including phenoxy) is 1. The molecule has 4 rings (SSSR count). The summed E-state index contributed by atoms with van der Waals surface area (Å²) in [6.07, 6.45) is 7.11. The third-order valence-electron chi connectivity index (χ3n) is 7.44. The SMILES string of the molecule is C#CCN(c1ccc(C(=O)NCC(=O)O)cc1)C1CCc2cc3nc(COC)[nH]c(=O)c3cc21.CCC(=O)N[C@H](CCC(=O)O)C(=O)O. The predicted molar refractivity (Wildman–Crippen MR) is 173 cm³/mol. The van der Waals surface area contributed by atoms with E-state index in [1.807, 2.05) is 12.1 Å². The van der Waals surface area contributed by atoms with Gasteiger partial charge >= 0.3 is 17.9 Å². The molecule has 2 amide bonds. The van der Waals surface area contributed by atoms with E-state index < -0.39 is 42.3 Å². The molecule has 1 unspecified atom stereocenters. The average Bonchev–Trinajstić information content (AvgIpc) is 3.46. The fourth-order valence-corrected chi connectivity index (χ4v) is 5.16. The molecular weight excluding hydrogens is 626 g/mol. The fourth-order valence-electron chi connectivity index (χ4n) is 5.16. The second-order valence-electron chi connectivity index (χ2n) is 10.8. The van der Waals surface area contributed by atoms with Crippen LogP contribution in [0.1, 0.15) is 66.0 Å². The van der Waals surface area contributed by atoms with E-state index in [9.17, 15) is 28.8 Å². The minimum atomic E-state index is -1.21. The number of anilines is 1. The Morgan fingerprint density at radius 2 is 1.83 bits per heavy atom. The van der Waals surface area contributed by atoms with Gasteiger partial charge in [-0.25, -0.2) is 9.78 Å². The molecule has 1 aromatic heterocycles. The number of hydrogen-bond acceptors (Lipinski definition) is 9. The Labute approximate surface area is 275 Å². The summed E-state index contributed by atoms with van der Waals surface area (Å²) < 4.78 is 5.09. The number of H-pyrrole nitrogens is 1. The Morgan fingerprint density at radius 3 is 2.42 bits per heavy atom. The molecule has 0 saturated carbocycles. The van der Waals surface area contributed by atoms with Crippen molar-refractivity contribution in [3.8, 4) is 12.3 Å². The first-order valence-electron chi connectivity index (χ1n) is 15.0. The van der Waals surface area contributed by atoms with Gasteiger partial charge in [-0.05, 0) is 66.8 Å². The maximum absolute atomic E-state index is 12.7. The van der Waals surface area contributed by atoms with Crippen molar-refractivity contribution in [3.05, 3.63) is 69.3 Å². The van der Waals surface area contributed by atoms with Crippen LogP contribution in [0.4, 0.5) is 5.69 Å². The lowest BCUT2D eigenvalue weighted by atomic mass is 10.0. The van der Waals surface area contributed by atoms with E-state index in [-0.39, 0.29) is 37.5 Å². The van der Waals surface area contributed by atoms with Crippen LogP contribution in [0.15, 0.2) is 41.2 Å². The molecule has 0 fully saturated rings. The van der Waals surface area contributed by atoms with Crippen molar-refractivity contribution in [2.24, 2.45) is 0 Å². The standard InChI is InChI=1S/C25H24N4O5.C8H13NO5/c1-3-10-29(17-7-4-15(5-8-17)24(32)26-13-23(30)31)21-9-6-16-11-20-19(12-18(16)21)25(33)28-22(27-20)14-34-2;1-2-6(10)9-5(8(13)14)3-4-7(11)12/h1,4-5,7-8,11-12,21H,6,9-10,13-14H2,2H3,(H,26,32)(H,30,31)(H,27,28,33);5H,2-4H2,1H3,(H,9,10)(H,11,12)(H,13,14)/t;5-/m.1/s1. The van der Waals surface area contributed by atoms with Crippen LogP contribution >= 0.6 is 0 Å². The van der Waals surface area contributed by atoms with Gasteiger partial charge in [0.25, 0.3) is 11.5 Å². The number of benzene rings is 2. The van der Waals surface area contributed by atoms with Crippen molar-refractivity contribution in [2.75, 3.05) is 25.1 Å². The molecule has 6 N–H and O–H groups in total. The molecule has 1 aliphatic carbocycles. The summed E-state index contributed by atoms with van der Waals surface area (Å²) in [5.41, 5.74) is 3.74. The van der Waals surface area contributed by atoms with E-state index in [1.54, 1.807) is 38.3 Å². The van der Waals surface area contributed by atoms with Crippen LogP contribution in [0.5, 0.6) is 0 Å². The smallest absolute Gasteiger partial charge is 0.326 e. The lowest BCUT2D eigenvalue weighted by Gasteiger charge is -2.30. The zero-order chi connectivity index (χ0) is 35.4. The number of methoxy groups -OCH3 is 1. The molecule has 15 heteroatoms. The lowest BCUT2D eigenvalue weighted by molar-refractivity contribution is -0.143. The highest BCUT2D eigenvalue weighted by atomic mass is 16.5. The number of aromatic amines is 1. The summed E-state index contributed by atoms with van der Waals surface area (Å²) in [5.74, 6) is -1.09. The van der Waals surface area contributed by atoms with E-state index in [0.717, 1.165) is 29.7 Å². The predicted octanol–water partition coefficient (Wildman–Crippen LogP) is 1.84. The zero-order valence-corrected chi connectivity index (χ0v) is 26.4. The Balaban J connectivity index is 0.000000378. The number of terminal acetylenes is 1. The third-order valence-corrected chi connectivity index (χ3v) is 7.44. The summed E-state index contributed by atoms with van der Waals surface area (Å²) in [4.78, 5) is 76.4. The minimum absolute atomic E-state index is 0.0415. The molecule has 1 aliphatic rings. The number of amides is 2. The number of carboxylic acids is 3. The highest BCUT2D eigenvalue weighted by molar-refractivity contribution is 5.96. The molecule has 15 nitrogen and oxygen atoms in total. The molecule has 0 spiro atoms. The van der Waals surface area contributed by atoms with Crippen LogP contribution in [0, 0.1) is 12.3 Å². The maximum atomic E-state index is 12.7. The van der Waals surface area contributed by atoms with Gasteiger partial charge < -0.3 is 40.6 Å². The molecule has 254 valence electrons. The van der Waals surface area contributed by atoms with Gasteiger partial charge in [0.15, 0.2) is 0 Å². The average molecular weight is 664 g/mol. The molecule has 2 aromatic carbocycles. The van der Waals surface area contributed by atoms with Crippen LogP contribution in [-0.2, 0) is 36.9 Å². The summed E-state index contributed by atoms with van der Waals surface area (Å²) in [7, 11) is 1.55. The third kappa shape index (κ3) is 9.87. The maximum Gasteiger partial charge on any atom is 0.326 e. The Hall–Kier alpha value is -5.75. The molecule has 3 aromatic rings. The highest BCUT2D eigenvalue weighted by Gasteiger charge is 2.29. The number of hydrogen-bond donors (Lipinski definition) is 6. The van der Waals surface area contributed by atoms with Gasteiger partial charge in [-0.15, -0.1) is 6.42 Å². The number of carboxylic acid groups (broad SMARTS) is 3. The number of nitrogens with one attached hydrogen (secondary N) is 3. The molecule has 2 atom stereocenters. The van der Waals surface area contributed by atoms with Gasteiger partial charge in [0.1, 0.15) is 25.0 Å². The molecule has 48 heavy (non-hydrogen) atoms. The highest BCUT2D eigenvalue weighted by Crippen LogP contribution is 2.39. The molecule has 0 radical (unpaired) electrons. The van der Waals surface area contributed by atoms with Crippen LogP contribution in [0.25, 0.3) is 10.9 Å². The number of carbonyl (C=O) groups is 5. The Morgan fingerprint density at radius 1 is 1.12 bits per heavy atom. The normalized spacial score (nSPS) is 13.6. The second-order valence-corrected chi connectivity index (χ2v) is 10.8. The Bertz CT molecular complexity index is 1760. The quantitative estimate of drug-likeness (QED) is 0.136. The largest absolute Gasteiger partial charge is 0.481 e. The Kier molecular flexibility index (Phi) is 13.2. The van der Waals surface area contributed by atoms with E-state index >= 15 is 0 Å². The van der Waals surface area contributed by atoms with Crippen molar-refractivity contribution in [1.82, 2.24) is 20.6 Å². The monoisotopic (exact) mass is 663 g/mol. The number of aliphatic carboxylic acids is 3. The van der Waals surface area contributed by atoms with Crippen LogP contribution in [0.2, 0.25) is 0 Å². The minimum Gasteiger partial charge on any atom is -0.481 e. The fraction of sp³-hybridized carbons (Fsp3) is 0.364. The lowest BCUT2D eigenvalue weighted by Crippen LogP contribution is -2.40. The van der Waals surface area contributed by atoms with Crippen LogP contribution < -0.4 is 21.1 Å². The van der Waals surface area contributed by atoms with Gasteiger partial charge in [-0.3, -0.25) is 24.0 Å². The number of aromatic nitrogens is 2. The first-order valence-corrected chi connectivity index (χ1v) is 15.0. The van der Waals surface area contributed by atoms with Crippen molar-refractivity contribution < 1.29 is 44.0 Å². The van der Waals surface area contributed by atoms with Gasteiger partial charge in [0.05, 0.1) is 23.5 Å². The second kappa shape index (κ2) is 17.2. The van der Waals surface area contributed by atoms with Gasteiger partial charge in [-0.2, -0.15) is 0 Å². The van der Waals surface area contributed by atoms with Crippen molar-refractivity contribution in [2.45, 2.75) is 57.7 Å². The van der Waals surface area contributed by atoms with Crippen molar-refractivity contribution >= 4 is 46.3 Å². The molecule has 1 heterocycles. The van der Waals surface area contributed by atoms with E-state index in [2.05, 4.69) is 31.4 Å². The summed E-state index contributed by atoms with van der Waals surface area (Å²) in [5, 5.41) is 30.8. The van der Waals surface area contributed by atoms with Crippen LogP contribution in [-0.4, -0.2) is 81.3 Å². The number of aryl methyl sites for hydroxylation is 1. The topological polar surface area (TPSA) is 228 Å². The summed E-state index contributed by atoms with van der Waals surface area (Å²) in [6.45, 7) is 1.71. The first-order chi connectivity index (χ1) is 22.9. The van der Waals surface area contributed by atoms with Crippen LogP contribution in [0.3, 0.4) is 0 Å². The first kappa shape index (κ1) is 36.7. The molecule has 0 saturated heterocycles. The van der Waals surface area contributed by atoms with Gasteiger partial charge in [-0.1, -0.05) is 12.8 Å². The van der Waals surface area contributed by atoms with E-state index in [0.29, 0.717) is 28.8 Å². The molecule has 0 bridgehead atoms. The number of fused-ring (bicyclic) bond motifs is 2. The summed E-state index contributed by atoms with van der Waals surface area (Å²) in [6, 6.07) is 9.55. The van der Waals surface area contributed by atoms with E-state index in [1.165, 1.54) is 0 Å².